The van der Waals surface area contributed by atoms with Crippen molar-refractivity contribution in [1.29, 1.82) is 0 Å². The van der Waals surface area contributed by atoms with E-state index in [1.807, 2.05) is 6.07 Å². The quantitative estimate of drug-likeness (QED) is 0.496. The number of hydrogen-bond acceptors (Lipinski definition) is 6. The van der Waals surface area contributed by atoms with E-state index in [0.717, 1.165) is 5.56 Å². The van der Waals surface area contributed by atoms with Crippen molar-refractivity contribution in [3.05, 3.63) is 52.6 Å². The highest BCUT2D eigenvalue weighted by molar-refractivity contribution is 8.26. The van der Waals surface area contributed by atoms with Crippen molar-refractivity contribution in [3.8, 4) is 11.3 Å². The van der Waals surface area contributed by atoms with Crippen LogP contribution < -0.4 is 5.32 Å². The van der Waals surface area contributed by atoms with E-state index in [0.29, 0.717) is 26.3 Å². The number of ether oxygens (including phenoxy) is 1. The summed E-state index contributed by atoms with van der Waals surface area (Å²) in [5.41, 5.74) is 1.31. The number of hydrogen-bond donors (Lipinski definition) is 1. The fraction of sp³-hybridized carbons (Fsp3) is 0.167. The van der Waals surface area contributed by atoms with E-state index >= 15 is 0 Å². The van der Waals surface area contributed by atoms with E-state index in [2.05, 4.69) is 5.32 Å². The molecule has 1 N–H and O–H groups in total. The molecule has 1 aliphatic heterocycles. The van der Waals surface area contributed by atoms with Crippen LogP contribution in [0.4, 0.5) is 0 Å². The number of nitrogens with one attached hydrogen (secondary N) is 1. The van der Waals surface area contributed by atoms with E-state index in [1.165, 1.54) is 11.8 Å². The molecule has 0 radical (unpaired) electrons. The zero-order valence-corrected chi connectivity index (χ0v) is 15.2. The summed E-state index contributed by atoms with van der Waals surface area (Å²) < 4.78 is 11.3. The fourth-order valence-corrected chi connectivity index (χ4v) is 3.21. The highest BCUT2D eigenvalue weighted by Gasteiger charge is 2.22. The monoisotopic (exact) mass is 373 g/mol. The van der Waals surface area contributed by atoms with Crippen molar-refractivity contribution in [2.24, 2.45) is 0 Å². The number of esters is 1. The number of rotatable bonds is 4. The van der Waals surface area contributed by atoms with Crippen molar-refractivity contribution >= 4 is 46.3 Å². The summed E-state index contributed by atoms with van der Waals surface area (Å²) in [7, 11) is 0. The van der Waals surface area contributed by atoms with Gasteiger partial charge in [-0.1, -0.05) is 36.1 Å². The Morgan fingerprint density at radius 3 is 2.56 bits per heavy atom. The Balaban J connectivity index is 1.76. The Bertz CT molecular complexity index is 865. The van der Waals surface area contributed by atoms with Crippen LogP contribution >= 0.6 is 24.0 Å². The van der Waals surface area contributed by atoms with Gasteiger partial charge in [-0.2, -0.15) is 0 Å². The van der Waals surface area contributed by atoms with Gasteiger partial charge in [-0.05, 0) is 38.1 Å². The summed E-state index contributed by atoms with van der Waals surface area (Å²) in [6.45, 7) is 3.61. The number of thiocarbonyl (C=S) groups is 1. The van der Waals surface area contributed by atoms with Gasteiger partial charge in [0, 0.05) is 11.6 Å². The number of carbonyl (C=O) groups excluding carboxylic acids is 2. The molecule has 3 rings (SSSR count). The molecule has 0 spiro atoms. The van der Waals surface area contributed by atoms with Gasteiger partial charge in [0.25, 0.3) is 5.91 Å². The van der Waals surface area contributed by atoms with Gasteiger partial charge in [-0.15, -0.1) is 0 Å². The predicted molar refractivity (Wildman–Crippen MR) is 101 cm³/mol. The first-order chi connectivity index (χ1) is 11.9. The van der Waals surface area contributed by atoms with Crippen molar-refractivity contribution in [2.45, 2.75) is 20.0 Å². The molecule has 1 aliphatic rings. The Hall–Kier alpha value is -2.38. The summed E-state index contributed by atoms with van der Waals surface area (Å²) in [4.78, 5) is 24.0. The third-order valence-corrected chi connectivity index (χ3v) is 4.45. The van der Waals surface area contributed by atoms with E-state index in [9.17, 15) is 9.59 Å². The maximum atomic E-state index is 11.9. The number of amides is 1. The first-order valence-electron chi connectivity index (χ1n) is 7.58. The van der Waals surface area contributed by atoms with Crippen LogP contribution in [-0.2, 0) is 9.53 Å². The standard InChI is InChI=1S/C18H15NO4S2/c1-10(2)22-17(21)12-5-3-11(4-6-12)14-8-7-13(23-14)9-15-16(20)19-18(24)25-15/h3-10H,1-2H3,(H,19,20,24). The van der Waals surface area contributed by atoms with Crippen LogP contribution in [0.2, 0.25) is 0 Å². The number of benzene rings is 1. The minimum absolute atomic E-state index is 0.161. The second kappa shape index (κ2) is 7.25. The zero-order valence-electron chi connectivity index (χ0n) is 13.6. The topological polar surface area (TPSA) is 68.5 Å². The van der Waals surface area contributed by atoms with Gasteiger partial charge in [0.15, 0.2) is 0 Å². The maximum absolute atomic E-state index is 11.9. The highest BCUT2D eigenvalue weighted by Crippen LogP contribution is 2.28. The molecule has 2 aromatic rings. The molecule has 1 amide bonds. The van der Waals surface area contributed by atoms with Gasteiger partial charge < -0.3 is 14.5 Å². The number of furan rings is 1. The van der Waals surface area contributed by atoms with Crippen LogP contribution in [0, 0.1) is 0 Å². The maximum Gasteiger partial charge on any atom is 0.338 e. The SMILES string of the molecule is CC(C)OC(=O)c1ccc(-c2ccc(C=C3SC(=S)NC3=O)o2)cc1. The molecule has 0 atom stereocenters. The Morgan fingerprint density at radius 2 is 1.96 bits per heavy atom. The van der Waals surface area contributed by atoms with Gasteiger partial charge in [-0.3, -0.25) is 4.79 Å². The molecular formula is C18H15NO4S2. The number of thioether (sulfide) groups is 1. The molecule has 1 aromatic heterocycles. The molecule has 2 heterocycles. The van der Waals surface area contributed by atoms with E-state index in [-0.39, 0.29) is 18.0 Å². The summed E-state index contributed by atoms with van der Waals surface area (Å²) in [6.07, 6.45) is 1.49. The lowest BCUT2D eigenvalue weighted by Crippen LogP contribution is -2.17. The van der Waals surface area contributed by atoms with E-state index in [1.54, 1.807) is 50.3 Å². The van der Waals surface area contributed by atoms with Crippen LogP contribution in [0.15, 0.2) is 45.7 Å². The lowest BCUT2D eigenvalue weighted by molar-refractivity contribution is -0.115. The second-order valence-corrected chi connectivity index (χ2v) is 7.30. The van der Waals surface area contributed by atoms with Crippen molar-refractivity contribution in [1.82, 2.24) is 5.32 Å². The van der Waals surface area contributed by atoms with Crippen LogP contribution in [0.3, 0.4) is 0 Å². The average Bonchev–Trinajstić information content (AvgIpc) is 3.14. The molecule has 0 bridgehead atoms. The van der Waals surface area contributed by atoms with Gasteiger partial charge in [0.05, 0.1) is 16.6 Å². The van der Waals surface area contributed by atoms with Crippen LogP contribution in [0.1, 0.15) is 30.0 Å². The molecule has 1 saturated heterocycles. The Kier molecular flexibility index (Phi) is 5.06. The van der Waals surface area contributed by atoms with Crippen molar-refractivity contribution < 1.29 is 18.7 Å². The molecule has 1 fully saturated rings. The predicted octanol–water partition coefficient (Wildman–Crippen LogP) is 4.00. The second-order valence-electron chi connectivity index (χ2n) is 5.59. The molecular weight excluding hydrogens is 358 g/mol. The van der Waals surface area contributed by atoms with Gasteiger partial charge in [0.2, 0.25) is 0 Å². The molecule has 128 valence electrons. The summed E-state index contributed by atoms with van der Waals surface area (Å²) in [6, 6.07) is 10.6. The van der Waals surface area contributed by atoms with E-state index in [4.69, 9.17) is 21.4 Å². The number of carbonyl (C=O) groups is 2. The Morgan fingerprint density at radius 1 is 1.24 bits per heavy atom. The smallest absolute Gasteiger partial charge is 0.338 e. The lowest BCUT2D eigenvalue weighted by atomic mass is 10.1. The molecule has 0 aliphatic carbocycles. The van der Waals surface area contributed by atoms with Crippen molar-refractivity contribution in [2.75, 3.05) is 0 Å². The highest BCUT2D eigenvalue weighted by atomic mass is 32.2. The van der Waals surface area contributed by atoms with Crippen molar-refractivity contribution in [3.63, 3.8) is 0 Å². The lowest BCUT2D eigenvalue weighted by Gasteiger charge is -2.07. The average molecular weight is 373 g/mol. The summed E-state index contributed by atoms with van der Waals surface area (Å²) >= 11 is 6.16. The molecule has 1 aromatic carbocycles. The Labute approximate surface area is 154 Å². The van der Waals surface area contributed by atoms with Gasteiger partial charge >= 0.3 is 5.97 Å². The summed E-state index contributed by atoms with van der Waals surface area (Å²) in [5.74, 6) is 0.620. The first kappa shape index (κ1) is 17.4. The normalized spacial score (nSPS) is 15.7. The minimum atomic E-state index is -0.355. The first-order valence-corrected chi connectivity index (χ1v) is 8.81. The zero-order chi connectivity index (χ0) is 18.0. The van der Waals surface area contributed by atoms with Crippen LogP contribution in [0.5, 0.6) is 0 Å². The fourth-order valence-electron chi connectivity index (χ4n) is 2.19. The largest absolute Gasteiger partial charge is 0.459 e. The third-order valence-electron chi connectivity index (χ3n) is 3.29. The molecule has 5 nitrogen and oxygen atoms in total. The molecule has 7 heteroatoms. The molecule has 0 saturated carbocycles. The summed E-state index contributed by atoms with van der Waals surface area (Å²) in [5, 5.41) is 2.56. The third kappa shape index (κ3) is 4.18. The van der Waals surface area contributed by atoms with Gasteiger partial charge in [0.1, 0.15) is 15.8 Å². The molecule has 0 unspecified atom stereocenters. The minimum Gasteiger partial charge on any atom is -0.459 e. The van der Waals surface area contributed by atoms with Crippen LogP contribution in [0.25, 0.3) is 17.4 Å². The van der Waals surface area contributed by atoms with Crippen LogP contribution in [-0.4, -0.2) is 22.3 Å². The van der Waals surface area contributed by atoms with E-state index < -0.39 is 0 Å². The van der Waals surface area contributed by atoms with Gasteiger partial charge in [-0.25, -0.2) is 4.79 Å². The molecule has 25 heavy (non-hydrogen) atoms.